The number of hydrogen-bond acceptors (Lipinski definition) is 4. The Bertz CT molecular complexity index is 548. The normalized spacial score (nSPS) is 17.0. The number of hydrogen-bond donors (Lipinski definition) is 2. The zero-order valence-electron chi connectivity index (χ0n) is 12.9. The molecule has 0 radical (unpaired) electrons. The Morgan fingerprint density at radius 1 is 1.29 bits per heavy atom. The van der Waals surface area contributed by atoms with Crippen molar-refractivity contribution in [2.75, 3.05) is 13.1 Å². The van der Waals surface area contributed by atoms with Crippen LogP contribution in [0.3, 0.4) is 0 Å². The Labute approximate surface area is 132 Å². The van der Waals surface area contributed by atoms with E-state index in [9.17, 15) is 8.42 Å². The highest BCUT2D eigenvalue weighted by atomic mass is 32.2. The minimum absolute atomic E-state index is 0.241. The summed E-state index contributed by atoms with van der Waals surface area (Å²) in [6, 6.07) is 1.79. The second-order valence-corrected chi connectivity index (χ2v) is 8.93. The van der Waals surface area contributed by atoms with Gasteiger partial charge < -0.3 is 5.32 Å². The van der Waals surface area contributed by atoms with E-state index in [0.29, 0.717) is 10.8 Å². The summed E-state index contributed by atoms with van der Waals surface area (Å²) in [5.41, 5.74) is 1.29. The van der Waals surface area contributed by atoms with Crippen LogP contribution < -0.4 is 10.0 Å². The van der Waals surface area contributed by atoms with Gasteiger partial charge in [0.2, 0.25) is 10.0 Å². The van der Waals surface area contributed by atoms with Gasteiger partial charge in [-0.2, -0.15) is 0 Å². The molecule has 0 saturated heterocycles. The molecule has 1 aromatic rings. The van der Waals surface area contributed by atoms with Crippen molar-refractivity contribution in [3.05, 3.63) is 17.0 Å². The Hall–Kier alpha value is -0.430. The van der Waals surface area contributed by atoms with Crippen LogP contribution in [-0.2, 0) is 16.6 Å². The molecule has 0 unspecified atom stereocenters. The van der Waals surface area contributed by atoms with E-state index >= 15 is 0 Å². The van der Waals surface area contributed by atoms with E-state index in [1.165, 1.54) is 11.3 Å². The summed E-state index contributed by atoms with van der Waals surface area (Å²) in [6.45, 7) is 6.55. The zero-order valence-corrected chi connectivity index (χ0v) is 14.6. The molecule has 21 heavy (non-hydrogen) atoms. The maximum atomic E-state index is 12.3. The molecule has 2 N–H and O–H groups in total. The largest absolute Gasteiger partial charge is 0.313 e. The van der Waals surface area contributed by atoms with E-state index in [1.807, 2.05) is 5.38 Å². The molecule has 2 rings (SSSR count). The van der Waals surface area contributed by atoms with E-state index in [-0.39, 0.29) is 5.41 Å². The van der Waals surface area contributed by atoms with Gasteiger partial charge in [0.05, 0.1) is 0 Å². The fraction of sp³-hybridized carbons (Fsp3) is 0.733. The maximum Gasteiger partial charge on any atom is 0.250 e. The molecule has 1 fully saturated rings. The number of thiophene rings is 1. The van der Waals surface area contributed by atoms with Gasteiger partial charge in [-0.25, -0.2) is 13.1 Å². The molecule has 0 aliphatic heterocycles. The first-order valence-electron chi connectivity index (χ1n) is 7.79. The van der Waals surface area contributed by atoms with Crippen molar-refractivity contribution in [2.24, 2.45) is 5.41 Å². The highest BCUT2D eigenvalue weighted by Crippen LogP contribution is 2.49. The van der Waals surface area contributed by atoms with Crippen molar-refractivity contribution in [1.82, 2.24) is 10.0 Å². The van der Waals surface area contributed by atoms with Gasteiger partial charge in [0, 0.05) is 13.1 Å². The van der Waals surface area contributed by atoms with Gasteiger partial charge in [0.15, 0.2) is 0 Å². The molecular weight excluding hydrogens is 304 g/mol. The summed E-state index contributed by atoms with van der Waals surface area (Å²) >= 11 is 1.31. The zero-order chi connectivity index (χ0) is 15.3. The fourth-order valence-corrected chi connectivity index (χ4v) is 4.95. The first kappa shape index (κ1) is 16.9. The topological polar surface area (TPSA) is 58.2 Å². The maximum absolute atomic E-state index is 12.3. The van der Waals surface area contributed by atoms with Crippen LogP contribution in [0.25, 0.3) is 0 Å². The van der Waals surface area contributed by atoms with Crippen LogP contribution in [0.15, 0.2) is 15.7 Å². The quantitative estimate of drug-likeness (QED) is 0.648. The standard InChI is InChI=1S/C15H26N2O2S2/c1-3-5-15(6-7-15)12-17-21(18,19)14-9-13(11-20-14)10-16-8-4-2/h9,11,16-17H,3-8,10,12H2,1-2H3. The first-order valence-corrected chi connectivity index (χ1v) is 10.2. The van der Waals surface area contributed by atoms with E-state index in [4.69, 9.17) is 0 Å². The van der Waals surface area contributed by atoms with Crippen LogP contribution in [0, 0.1) is 5.41 Å². The summed E-state index contributed by atoms with van der Waals surface area (Å²) in [4.78, 5) is 0. The molecule has 0 atom stereocenters. The minimum atomic E-state index is -3.34. The molecule has 0 amide bonds. The van der Waals surface area contributed by atoms with Gasteiger partial charge in [0.25, 0.3) is 0 Å². The Morgan fingerprint density at radius 3 is 2.67 bits per heavy atom. The van der Waals surface area contributed by atoms with Crippen molar-refractivity contribution < 1.29 is 8.42 Å². The van der Waals surface area contributed by atoms with E-state index in [2.05, 4.69) is 23.9 Å². The number of nitrogens with one attached hydrogen (secondary N) is 2. The number of sulfonamides is 1. The van der Waals surface area contributed by atoms with Gasteiger partial charge in [-0.1, -0.05) is 20.3 Å². The lowest BCUT2D eigenvalue weighted by Crippen LogP contribution is -2.29. The SMILES string of the molecule is CCCNCc1csc(S(=O)(=O)NCC2(CCC)CC2)c1. The van der Waals surface area contributed by atoms with Gasteiger partial charge >= 0.3 is 0 Å². The summed E-state index contributed by atoms with van der Waals surface area (Å²) in [5.74, 6) is 0. The third-order valence-corrected chi connectivity index (χ3v) is 6.91. The lowest BCUT2D eigenvalue weighted by atomic mass is 10.0. The molecule has 1 aliphatic rings. The second kappa shape index (κ2) is 7.22. The first-order chi connectivity index (χ1) is 10.0. The van der Waals surface area contributed by atoms with Crippen LogP contribution in [0.4, 0.5) is 0 Å². The third kappa shape index (κ3) is 4.77. The molecule has 1 saturated carbocycles. The van der Waals surface area contributed by atoms with Crippen LogP contribution in [0.1, 0.15) is 51.5 Å². The van der Waals surface area contributed by atoms with Crippen molar-refractivity contribution >= 4 is 21.4 Å². The summed E-state index contributed by atoms with van der Waals surface area (Å²) in [7, 11) is -3.34. The second-order valence-electron chi connectivity index (χ2n) is 6.03. The lowest BCUT2D eigenvalue weighted by molar-refractivity contribution is 0.449. The smallest absolute Gasteiger partial charge is 0.250 e. The van der Waals surface area contributed by atoms with Crippen LogP contribution >= 0.6 is 11.3 Å². The van der Waals surface area contributed by atoms with E-state index in [0.717, 1.165) is 50.8 Å². The Morgan fingerprint density at radius 2 is 2.05 bits per heavy atom. The van der Waals surface area contributed by atoms with Crippen LogP contribution in [-0.4, -0.2) is 21.5 Å². The molecule has 4 nitrogen and oxygen atoms in total. The minimum Gasteiger partial charge on any atom is -0.313 e. The molecule has 0 bridgehead atoms. The average molecular weight is 331 g/mol. The monoisotopic (exact) mass is 330 g/mol. The van der Waals surface area contributed by atoms with Crippen molar-refractivity contribution in [3.8, 4) is 0 Å². The van der Waals surface area contributed by atoms with Gasteiger partial charge in [-0.15, -0.1) is 11.3 Å². The van der Waals surface area contributed by atoms with Gasteiger partial charge in [0.1, 0.15) is 4.21 Å². The molecule has 0 spiro atoms. The van der Waals surface area contributed by atoms with Crippen LogP contribution in [0.5, 0.6) is 0 Å². The number of rotatable bonds is 10. The molecule has 1 heterocycles. The van der Waals surface area contributed by atoms with Crippen LogP contribution in [0.2, 0.25) is 0 Å². The summed E-state index contributed by atoms with van der Waals surface area (Å²) < 4.78 is 27.9. The average Bonchev–Trinajstić information content (AvgIpc) is 3.04. The molecule has 6 heteroatoms. The molecule has 0 aromatic carbocycles. The highest BCUT2D eigenvalue weighted by molar-refractivity contribution is 7.91. The molecular formula is C15H26N2O2S2. The van der Waals surface area contributed by atoms with Gasteiger partial charge in [-0.3, -0.25) is 0 Å². The molecule has 1 aromatic heterocycles. The predicted molar refractivity (Wildman–Crippen MR) is 88.1 cm³/mol. The predicted octanol–water partition coefficient (Wildman–Crippen LogP) is 3.11. The van der Waals surface area contributed by atoms with Crippen molar-refractivity contribution in [2.45, 2.75) is 56.7 Å². The summed E-state index contributed by atoms with van der Waals surface area (Å²) in [5, 5.41) is 5.22. The van der Waals surface area contributed by atoms with E-state index < -0.39 is 10.0 Å². The van der Waals surface area contributed by atoms with Crippen molar-refractivity contribution in [1.29, 1.82) is 0 Å². The Kier molecular flexibility index (Phi) is 5.82. The Balaban J connectivity index is 1.90. The third-order valence-electron chi connectivity index (χ3n) is 4.03. The van der Waals surface area contributed by atoms with Crippen molar-refractivity contribution in [3.63, 3.8) is 0 Å². The fourth-order valence-electron chi connectivity index (χ4n) is 2.54. The molecule has 1 aliphatic carbocycles. The molecule has 120 valence electrons. The summed E-state index contributed by atoms with van der Waals surface area (Å²) in [6.07, 6.45) is 5.62. The van der Waals surface area contributed by atoms with Gasteiger partial charge in [-0.05, 0) is 54.7 Å². The van der Waals surface area contributed by atoms with E-state index in [1.54, 1.807) is 6.07 Å². The highest BCUT2D eigenvalue weighted by Gasteiger charge is 2.42. The lowest BCUT2D eigenvalue weighted by Gasteiger charge is -2.14.